The molecule has 7 nitrogen and oxygen atoms in total. The molecule has 0 aliphatic carbocycles. The van der Waals surface area contributed by atoms with Crippen LogP contribution in [0.3, 0.4) is 0 Å². The van der Waals surface area contributed by atoms with Crippen molar-refractivity contribution in [3.63, 3.8) is 0 Å². The summed E-state index contributed by atoms with van der Waals surface area (Å²) in [5, 5.41) is 10.8. The highest BCUT2D eigenvalue weighted by molar-refractivity contribution is 5.48. The zero-order valence-corrected chi connectivity index (χ0v) is 9.53. The van der Waals surface area contributed by atoms with E-state index in [1.807, 2.05) is 0 Å². The minimum absolute atomic E-state index is 0.0502. The number of hydrogen-bond acceptors (Lipinski definition) is 6. The Morgan fingerprint density at radius 1 is 1.39 bits per heavy atom. The maximum Gasteiger partial charge on any atom is 0.311 e. The van der Waals surface area contributed by atoms with E-state index in [9.17, 15) is 10.1 Å². The van der Waals surface area contributed by atoms with Crippen LogP contribution in [0.25, 0.3) is 0 Å². The standard InChI is InChI=1S/C11H10N4O3/c1-7-6-13-11(12)14-10(7)18-9-5-3-2-4-8(9)15(16)17/h2-6H,1H3,(H2,12,13,14). The number of hydrogen-bond donors (Lipinski definition) is 1. The van der Waals surface area contributed by atoms with Crippen LogP contribution in [-0.4, -0.2) is 14.9 Å². The van der Waals surface area contributed by atoms with Crippen LogP contribution in [0.4, 0.5) is 11.6 Å². The van der Waals surface area contributed by atoms with Crippen molar-refractivity contribution in [3.05, 3.63) is 46.1 Å². The van der Waals surface area contributed by atoms with Crippen LogP contribution >= 0.6 is 0 Å². The molecule has 2 rings (SSSR count). The van der Waals surface area contributed by atoms with E-state index in [0.29, 0.717) is 5.56 Å². The first kappa shape index (κ1) is 11.8. The van der Waals surface area contributed by atoms with Crippen LogP contribution in [0, 0.1) is 17.0 Å². The Hall–Kier alpha value is -2.70. The van der Waals surface area contributed by atoms with Crippen LogP contribution in [0.2, 0.25) is 0 Å². The third-order valence-corrected chi connectivity index (χ3v) is 2.21. The molecule has 2 aromatic rings. The molecule has 1 aromatic carbocycles. The molecular formula is C11H10N4O3. The molecule has 18 heavy (non-hydrogen) atoms. The number of nitrogens with zero attached hydrogens (tertiary/aromatic N) is 3. The molecule has 0 atom stereocenters. The summed E-state index contributed by atoms with van der Waals surface area (Å²) in [4.78, 5) is 18.0. The Morgan fingerprint density at radius 3 is 2.83 bits per heavy atom. The molecule has 0 aliphatic heterocycles. The number of anilines is 1. The average Bonchev–Trinajstić information content (AvgIpc) is 2.34. The lowest BCUT2D eigenvalue weighted by Crippen LogP contribution is -2.00. The van der Waals surface area contributed by atoms with Crippen LogP contribution in [0.15, 0.2) is 30.5 Å². The van der Waals surface area contributed by atoms with Gasteiger partial charge in [0.2, 0.25) is 17.6 Å². The minimum Gasteiger partial charge on any atom is -0.431 e. The molecule has 0 bridgehead atoms. The molecule has 0 spiro atoms. The first-order valence-corrected chi connectivity index (χ1v) is 5.08. The molecular weight excluding hydrogens is 236 g/mol. The molecule has 92 valence electrons. The summed E-state index contributed by atoms with van der Waals surface area (Å²) in [7, 11) is 0. The molecule has 0 fully saturated rings. The first-order valence-electron chi connectivity index (χ1n) is 5.08. The van der Waals surface area contributed by atoms with Crippen LogP contribution in [0.1, 0.15) is 5.56 Å². The van der Waals surface area contributed by atoms with E-state index in [4.69, 9.17) is 10.5 Å². The summed E-state index contributed by atoms with van der Waals surface area (Å²) in [6.45, 7) is 1.73. The molecule has 7 heteroatoms. The Balaban J connectivity index is 2.40. The minimum atomic E-state index is -0.519. The molecule has 0 aliphatic rings. The topological polar surface area (TPSA) is 104 Å². The highest BCUT2D eigenvalue weighted by Gasteiger charge is 2.16. The van der Waals surface area contributed by atoms with Crippen molar-refractivity contribution in [2.75, 3.05) is 5.73 Å². The summed E-state index contributed by atoms with van der Waals surface area (Å²) < 4.78 is 5.41. The second-order valence-corrected chi connectivity index (χ2v) is 3.54. The third kappa shape index (κ3) is 2.34. The third-order valence-electron chi connectivity index (χ3n) is 2.21. The van der Waals surface area contributed by atoms with E-state index < -0.39 is 4.92 Å². The zero-order valence-electron chi connectivity index (χ0n) is 9.53. The maximum absolute atomic E-state index is 10.8. The van der Waals surface area contributed by atoms with Gasteiger partial charge >= 0.3 is 5.69 Å². The molecule has 1 aromatic heterocycles. The number of benzene rings is 1. The number of aryl methyl sites for hydroxylation is 1. The van der Waals surface area contributed by atoms with Crippen molar-refractivity contribution in [1.29, 1.82) is 0 Å². The maximum atomic E-state index is 10.8. The van der Waals surface area contributed by atoms with E-state index in [1.165, 1.54) is 18.3 Å². The Bertz CT molecular complexity index is 601. The fourth-order valence-electron chi connectivity index (χ4n) is 1.34. The molecule has 0 saturated carbocycles. The number of nitrogen functional groups attached to an aromatic ring is 1. The predicted molar refractivity (Wildman–Crippen MR) is 64.4 cm³/mol. The smallest absolute Gasteiger partial charge is 0.311 e. The zero-order chi connectivity index (χ0) is 13.1. The van der Waals surface area contributed by atoms with Crippen molar-refractivity contribution >= 4 is 11.6 Å². The predicted octanol–water partition coefficient (Wildman–Crippen LogP) is 2.07. The van der Waals surface area contributed by atoms with E-state index in [2.05, 4.69) is 9.97 Å². The van der Waals surface area contributed by atoms with E-state index in [-0.39, 0.29) is 23.3 Å². The average molecular weight is 246 g/mol. The van der Waals surface area contributed by atoms with Gasteiger partial charge in [-0.2, -0.15) is 4.98 Å². The van der Waals surface area contributed by atoms with Gasteiger partial charge in [0.05, 0.1) is 4.92 Å². The fourth-order valence-corrected chi connectivity index (χ4v) is 1.34. The lowest BCUT2D eigenvalue weighted by molar-refractivity contribution is -0.385. The van der Waals surface area contributed by atoms with Crippen molar-refractivity contribution in [2.24, 2.45) is 0 Å². The number of ether oxygens (including phenoxy) is 1. The molecule has 0 unspecified atom stereocenters. The summed E-state index contributed by atoms with van der Waals surface area (Å²) in [5.74, 6) is 0.370. The van der Waals surface area contributed by atoms with Crippen molar-refractivity contribution in [2.45, 2.75) is 6.92 Å². The largest absolute Gasteiger partial charge is 0.431 e. The van der Waals surface area contributed by atoms with Gasteiger partial charge in [0.1, 0.15) is 0 Å². The number of aromatic nitrogens is 2. The van der Waals surface area contributed by atoms with E-state index in [0.717, 1.165) is 0 Å². The Kier molecular flexibility index (Phi) is 3.05. The summed E-state index contributed by atoms with van der Waals surface area (Å²) in [6, 6.07) is 6.06. The quantitative estimate of drug-likeness (QED) is 0.656. The van der Waals surface area contributed by atoms with Gasteiger partial charge in [0, 0.05) is 17.8 Å². The highest BCUT2D eigenvalue weighted by Crippen LogP contribution is 2.31. The lowest BCUT2D eigenvalue weighted by atomic mass is 10.3. The normalized spacial score (nSPS) is 10.1. The first-order chi connectivity index (χ1) is 8.58. The second kappa shape index (κ2) is 4.66. The summed E-state index contributed by atoms with van der Waals surface area (Å²) >= 11 is 0. The number of rotatable bonds is 3. The Morgan fingerprint density at radius 2 is 2.11 bits per heavy atom. The van der Waals surface area contributed by atoms with Crippen molar-refractivity contribution in [3.8, 4) is 11.6 Å². The molecule has 1 heterocycles. The van der Waals surface area contributed by atoms with Gasteiger partial charge in [-0.15, -0.1) is 0 Å². The van der Waals surface area contributed by atoms with Gasteiger partial charge in [-0.3, -0.25) is 10.1 Å². The molecule has 0 radical (unpaired) electrons. The fraction of sp³-hybridized carbons (Fsp3) is 0.0909. The summed E-state index contributed by atoms with van der Waals surface area (Å²) in [6.07, 6.45) is 1.49. The second-order valence-electron chi connectivity index (χ2n) is 3.54. The molecule has 0 amide bonds. The number of nitro benzene ring substituents is 1. The number of para-hydroxylation sites is 2. The van der Waals surface area contributed by atoms with Crippen LogP contribution in [0.5, 0.6) is 11.6 Å². The van der Waals surface area contributed by atoms with Crippen molar-refractivity contribution in [1.82, 2.24) is 9.97 Å². The van der Waals surface area contributed by atoms with Gasteiger partial charge in [0.25, 0.3) is 0 Å². The van der Waals surface area contributed by atoms with E-state index in [1.54, 1.807) is 19.1 Å². The number of nitro groups is 1. The van der Waals surface area contributed by atoms with Crippen molar-refractivity contribution < 1.29 is 9.66 Å². The Labute approximate surface area is 102 Å². The molecule has 2 N–H and O–H groups in total. The summed E-state index contributed by atoms with van der Waals surface area (Å²) in [5.41, 5.74) is 5.95. The van der Waals surface area contributed by atoms with E-state index >= 15 is 0 Å². The monoisotopic (exact) mass is 246 g/mol. The van der Waals surface area contributed by atoms with Crippen LogP contribution < -0.4 is 10.5 Å². The van der Waals surface area contributed by atoms with Gasteiger partial charge in [-0.1, -0.05) is 12.1 Å². The lowest BCUT2D eigenvalue weighted by Gasteiger charge is -2.07. The van der Waals surface area contributed by atoms with Gasteiger partial charge in [-0.25, -0.2) is 4.98 Å². The molecule has 0 saturated heterocycles. The van der Waals surface area contributed by atoms with Gasteiger partial charge in [0.15, 0.2) is 0 Å². The van der Waals surface area contributed by atoms with Gasteiger partial charge in [-0.05, 0) is 13.0 Å². The van der Waals surface area contributed by atoms with Gasteiger partial charge < -0.3 is 10.5 Å². The van der Waals surface area contributed by atoms with Crippen LogP contribution in [-0.2, 0) is 0 Å². The highest BCUT2D eigenvalue weighted by atomic mass is 16.6. The SMILES string of the molecule is Cc1cnc(N)nc1Oc1ccccc1[N+](=O)[O-]. The number of nitrogens with two attached hydrogens (primary N) is 1.